The van der Waals surface area contributed by atoms with Gasteiger partial charge in [0.15, 0.2) is 5.82 Å². The molecular formula is C12H12N4O2. The van der Waals surface area contributed by atoms with Gasteiger partial charge in [-0.05, 0) is 30.2 Å². The number of rotatable bonds is 5. The van der Waals surface area contributed by atoms with E-state index in [-0.39, 0.29) is 5.56 Å². The van der Waals surface area contributed by atoms with E-state index >= 15 is 0 Å². The van der Waals surface area contributed by atoms with Gasteiger partial charge < -0.3 is 10.4 Å². The number of nitrogens with zero attached hydrogens (tertiary/aromatic N) is 3. The molecule has 0 aliphatic carbocycles. The first-order valence-corrected chi connectivity index (χ1v) is 5.45. The van der Waals surface area contributed by atoms with E-state index in [1.54, 1.807) is 12.4 Å². The van der Waals surface area contributed by atoms with E-state index in [0.29, 0.717) is 12.4 Å². The van der Waals surface area contributed by atoms with Gasteiger partial charge in [-0.2, -0.15) is 5.10 Å². The maximum absolute atomic E-state index is 10.9. The highest BCUT2D eigenvalue weighted by atomic mass is 16.4. The van der Waals surface area contributed by atoms with E-state index in [1.165, 1.54) is 12.3 Å². The van der Waals surface area contributed by atoms with Crippen molar-refractivity contribution in [1.82, 2.24) is 15.2 Å². The summed E-state index contributed by atoms with van der Waals surface area (Å²) in [5.41, 5.74) is 1.25. The van der Waals surface area contributed by atoms with Gasteiger partial charge in [-0.25, -0.2) is 4.79 Å². The molecule has 0 aromatic carbocycles. The van der Waals surface area contributed by atoms with E-state index in [1.807, 2.05) is 12.1 Å². The Balaban J connectivity index is 1.97. The Hall–Kier alpha value is -2.50. The van der Waals surface area contributed by atoms with Gasteiger partial charge in [0.2, 0.25) is 0 Å². The fourth-order valence-corrected chi connectivity index (χ4v) is 1.51. The highest BCUT2D eigenvalue weighted by molar-refractivity contribution is 5.92. The quantitative estimate of drug-likeness (QED) is 0.822. The van der Waals surface area contributed by atoms with Gasteiger partial charge in [0, 0.05) is 18.9 Å². The Bertz CT molecular complexity index is 531. The number of aromatic carboxylic acids is 1. The lowest BCUT2D eigenvalue weighted by atomic mass is 10.2. The van der Waals surface area contributed by atoms with Gasteiger partial charge in [-0.1, -0.05) is 0 Å². The number of anilines is 1. The number of aromatic nitrogens is 3. The largest absolute Gasteiger partial charge is 0.478 e. The molecule has 2 aromatic rings. The average Bonchev–Trinajstić information content (AvgIpc) is 2.40. The van der Waals surface area contributed by atoms with Gasteiger partial charge >= 0.3 is 5.97 Å². The summed E-state index contributed by atoms with van der Waals surface area (Å²) in [6.45, 7) is 0.586. The molecule has 0 aliphatic rings. The van der Waals surface area contributed by atoms with Gasteiger partial charge in [-0.3, -0.25) is 4.98 Å². The maximum Gasteiger partial charge on any atom is 0.339 e. The number of nitrogens with one attached hydrogen (secondary N) is 1. The van der Waals surface area contributed by atoms with Crippen molar-refractivity contribution >= 4 is 11.8 Å². The van der Waals surface area contributed by atoms with Gasteiger partial charge in [0.25, 0.3) is 0 Å². The number of carboxylic acid groups (broad SMARTS) is 1. The van der Waals surface area contributed by atoms with Crippen LogP contribution in [0.25, 0.3) is 0 Å². The Morgan fingerprint density at radius 1 is 1.22 bits per heavy atom. The van der Waals surface area contributed by atoms with Crippen molar-refractivity contribution < 1.29 is 9.90 Å². The fourth-order valence-electron chi connectivity index (χ4n) is 1.51. The van der Waals surface area contributed by atoms with Crippen LogP contribution in [-0.4, -0.2) is 32.8 Å². The molecule has 0 amide bonds. The molecule has 0 unspecified atom stereocenters. The highest BCUT2D eigenvalue weighted by Gasteiger charge is 2.10. The standard InChI is InChI=1S/C12H12N4O2/c17-12(18)10-4-8-15-16-11(10)14-7-3-9-1-5-13-6-2-9/h1-2,4-6,8H,3,7H2,(H,14,16)(H,17,18). The van der Waals surface area contributed by atoms with Crippen LogP contribution in [0.4, 0.5) is 5.82 Å². The highest BCUT2D eigenvalue weighted by Crippen LogP contribution is 2.10. The van der Waals surface area contributed by atoms with Crippen LogP contribution in [-0.2, 0) is 6.42 Å². The Labute approximate surface area is 104 Å². The summed E-state index contributed by atoms with van der Waals surface area (Å²) in [6, 6.07) is 5.25. The molecule has 92 valence electrons. The van der Waals surface area contributed by atoms with Crippen LogP contribution in [0.1, 0.15) is 15.9 Å². The Morgan fingerprint density at radius 3 is 2.72 bits per heavy atom. The zero-order valence-corrected chi connectivity index (χ0v) is 9.58. The van der Waals surface area contributed by atoms with Gasteiger partial charge in [-0.15, -0.1) is 5.10 Å². The van der Waals surface area contributed by atoms with Crippen molar-refractivity contribution in [2.45, 2.75) is 6.42 Å². The number of hydrogen-bond acceptors (Lipinski definition) is 5. The van der Waals surface area contributed by atoms with Crippen molar-refractivity contribution in [2.75, 3.05) is 11.9 Å². The topological polar surface area (TPSA) is 88.0 Å². The summed E-state index contributed by atoms with van der Waals surface area (Å²) in [6.07, 6.45) is 5.57. The zero-order valence-electron chi connectivity index (χ0n) is 9.58. The third kappa shape index (κ3) is 3.00. The molecule has 2 heterocycles. The average molecular weight is 244 g/mol. The van der Waals surface area contributed by atoms with E-state index < -0.39 is 5.97 Å². The first kappa shape index (κ1) is 12.0. The summed E-state index contributed by atoms with van der Waals surface area (Å²) < 4.78 is 0. The molecule has 0 atom stereocenters. The zero-order chi connectivity index (χ0) is 12.8. The number of pyridine rings is 1. The van der Waals surface area contributed by atoms with E-state index in [0.717, 1.165) is 12.0 Å². The van der Waals surface area contributed by atoms with E-state index in [2.05, 4.69) is 20.5 Å². The molecule has 18 heavy (non-hydrogen) atoms. The molecule has 0 aliphatic heterocycles. The van der Waals surface area contributed by atoms with Crippen LogP contribution >= 0.6 is 0 Å². The molecule has 0 bridgehead atoms. The molecule has 2 rings (SSSR count). The monoisotopic (exact) mass is 244 g/mol. The van der Waals surface area contributed by atoms with Crippen molar-refractivity contribution in [3.63, 3.8) is 0 Å². The van der Waals surface area contributed by atoms with Crippen molar-refractivity contribution in [3.05, 3.63) is 47.9 Å². The summed E-state index contributed by atoms with van der Waals surface area (Å²) in [5, 5.41) is 19.4. The SMILES string of the molecule is O=C(O)c1ccnnc1NCCc1ccncc1. The second-order valence-corrected chi connectivity index (χ2v) is 3.63. The lowest BCUT2D eigenvalue weighted by Gasteiger charge is -2.07. The molecule has 0 fully saturated rings. The molecule has 0 spiro atoms. The molecule has 6 heteroatoms. The van der Waals surface area contributed by atoms with Gasteiger partial charge in [0.1, 0.15) is 5.56 Å². The number of hydrogen-bond donors (Lipinski definition) is 2. The minimum atomic E-state index is -1.02. The predicted molar refractivity (Wildman–Crippen MR) is 65.4 cm³/mol. The summed E-state index contributed by atoms with van der Waals surface area (Å²) in [5.74, 6) is -0.727. The molecule has 0 radical (unpaired) electrons. The normalized spacial score (nSPS) is 10.0. The smallest absolute Gasteiger partial charge is 0.339 e. The maximum atomic E-state index is 10.9. The summed E-state index contributed by atoms with van der Waals surface area (Å²) in [7, 11) is 0. The van der Waals surface area contributed by atoms with E-state index in [4.69, 9.17) is 5.11 Å². The number of carbonyl (C=O) groups is 1. The number of carboxylic acids is 1. The minimum absolute atomic E-state index is 0.125. The molecule has 0 saturated heterocycles. The Kier molecular flexibility index (Phi) is 3.80. The second kappa shape index (κ2) is 5.72. The van der Waals surface area contributed by atoms with Crippen molar-refractivity contribution in [1.29, 1.82) is 0 Å². The first-order valence-electron chi connectivity index (χ1n) is 5.45. The second-order valence-electron chi connectivity index (χ2n) is 3.63. The van der Waals surface area contributed by atoms with Crippen LogP contribution in [0.5, 0.6) is 0 Å². The molecule has 2 N–H and O–H groups in total. The lowest BCUT2D eigenvalue weighted by molar-refractivity contribution is 0.0697. The van der Waals surface area contributed by atoms with Crippen LogP contribution in [0.15, 0.2) is 36.8 Å². The molecule has 6 nitrogen and oxygen atoms in total. The molecular weight excluding hydrogens is 232 g/mol. The van der Waals surface area contributed by atoms with Crippen LogP contribution in [0.2, 0.25) is 0 Å². The van der Waals surface area contributed by atoms with Crippen LogP contribution in [0.3, 0.4) is 0 Å². The molecule has 2 aromatic heterocycles. The summed E-state index contributed by atoms with van der Waals surface area (Å²) >= 11 is 0. The third-order valence-corrected chi connectivity index (χ3v) is 2.41. The minimum Gasteiger partial charge on any atom is -0.478 e. The molecule has 0 saturated carbocycles. The van der Waals surface area contributed by atoms with Crippen LogP contribution < -0.4 is 5.32 Å². The van der Waals surface area contributed by atoms with E-state index in [9.17, 15) is 4.79 Å². The van der Waals surface area contributed by atoms with Crippen LogP contribution in [0, 0.1) is 0 Å². The first-order chi connectivity index (χ1) is 8.77. The Morgan fingerprint density at radius 2 is 2.00 bits per heavy atom. The fraction of sp³-hybridized carbons (Fsp3) is 0.167. The third-order valence-electron chi connectivity index (χ3n) is 2.41. The van der Waals surface area contributed by atoms with Crippen molar-refractivity contribution in [2.24, 2.45) is 0 Å². The predicted octanol–water partition coefficient (Wildman–Crippen LogP) is 1.22. The summed E-state index contributed by atoms with van der Waals surface area (Å²) in [4.78, 5) is 14.9. The van der Waals surface area contributed by atoms with Crippen molar-refractivity contribution in [3.8, 4) is 0 Å². The lowest BCUT2D eigenvalue weighted by Crippen LogP contribution is -2.11. The van der Waals surface area contributed by atoms with Gasteiger partial charge in [0.05, 0.1) is 6.20 Å².